The second kappa shape index (κ2) is 11.0. The molecule has 0 saturated carbocycles. The van der Waals surface area contributed by atoms with Crippen molar-refractivity contribution in [2.24, 2.45) is 0 Å². The van der Waals surface area contributed by atoms with Gasteiger partial charge in [-0.05, 0) is 75.7 Å². The minimum atomic E-state index is -0.569. The molecule has 0 radical (unpaired) electrons. The number of carbonyl (C=O) groups excluding carboxylic acids is 2. The first-order valence-corrected chi connectivity index (χ1v) is 12.7. The molecule has 0 spiro atoms. The van der Waals surface area contributed by atoms with Crippen molar-refractivity contribution in [1.82, 2.24) is 10.3 Å². The van der Waals surface area contributed by atoms with Gasteiger partial charge in [-0.2, -0.15) is 0 Å². The average molecular weight is 528 g/mol. The van der Waals surface area contributed by atoms with Gasteiger partial charge in [0.2, 0.25) is 0 Å². The summed E-state index contributed by atoms with van der Waals surface area (Å²) in [5.74, 6) is -0.987. The van der Waals surface area contributed by atoms with Crippen LogP contribution in [0, 0.1) is 10.1 Å². The third-order valence-electron chi connectivity index (χ3n) is 5.55. The van der Waals surface area contributed by atoms with Crippen molar-refractivity contribution in [2.75, 3.05) is 23.3 Å². The lowest BCUT2D eigenvalue weighted by molar-refractivity contribution is -0.384. The van der Waals surface area contributed by atoms with Crippen LogP contribution in [-0.4, -0.2) is 46.1 Å². The molecule has 1 aliphatic heterocycles. The van der Waals surface area contributed by atoms with E-state index in [0.717, 1.165) is 37.1 Å². The number of thiazole rings is 1. The second-order valence-corrected chi connectivity index (χ2v) is 10.0. The van der Waals surface area contributed by atoms with Crippen LogP contribution in [0.15, 0.2) is 36.4 Å². The van der Waals surface area contributed by atoms with Crippen molar-refractivity contribution in [3.05, 3.63) is 57.6 Å². The number of anilines is 2. The third-order valence-corrected chi connectivity index (χ3v) is 6.68. The highest BCUT2D eigenvalue weighted by molar-refractivity contribution is 7.80. The number of amides is 1. The van der Waals surface area contributed by atoms with E-state index in [0.29, 0.717) is 21.9 Å². The highest BCUT2D eigenvalue weighted by Crippen LogP contribution is 2.31. The summed E-state index contributed by atoms with van der Waals surface area (Å²) >= 11 is 6.51. The van der Waals surface area contributed by atoms with Gasteiger partial charge in [-0.1, -0.05) is 11.3 Å². The number of fused-ring (bicyclic) bond motifs is 1. The van der Waals surface area contributed by atoms with Crippen LogP contribution < -0.4 is 15.5 Å². The van der Waals surface area contributed by atoms with E-state index in [4.69, 9.17) is 17.0 Å². The first-order chi connectivity index (χ1) is 17.2. The van der Waals surface area contributed by atoms with Gasteiger partial charge in [0.25, 0.3) is 11.6 Å². The fourth-order valence-corrected chi connectivity index (χ4v) is 5.07. The average Bonchev–Trinajstić information content (AvgIpc) is 3.24. The van der Waals surface area contributed by atoms with Gasteiger partial charge in [0, 0.05) is 24.7 Å². The Morgan fingerprint density at radius 1 is 1.14 bits per heavy atom. The monoisotopic (exact) mass is 527 g/mol. The summed E-state index contributed by atoms with van der Waals surface area (Å²) in [5.41, 5.74) is 1.60. The Bertz CT molecular complexity index is 1330. The van der Waals surface area contributed by atoms with E-state index >= 15 is 0 Å². The molecule has 0 atom stereocenters. The summed E-state index contributed by atoms with van der Waals surface area (Å²) in [7, 11) is 0. The quantitative estimate of drug-likeness (QED) is 0.199. The smallest absolute Gasteiger partial charge is 0.338 e. The minimum Gasteiger partial charge on any atom is -0.459 e. The molecule has 3 aromatic rings. The van der Waals surface area contributed by atoms with E-state index in [9.17, 15) is 19.7 Å². The van der Waals surface area contributed by atoms with Gasteiger partial charge in [-0.15, -0.1) is 0 Å². The Hall–Kier alpha value is -3.64. The van der Waals surface area contributed by atoms with E-state index in [2.05, 4.69) is 15.6 Å². The summed E-state index contributed by atoms with van der Waals surface area (Å²) in [6.07, 6.45) is 2.84. The molecule has 2 heterocycles. The summed E-state index contributed by atoms with van der Waals surface area (Å²) < 4.78 is 5.97. The molecule has 1 fully saturated rings. The Morgan fingerprint density at radius 2 is 1.86 bits per heavy atom. The van der Waals surface area contributed by atoms with Crippen LogP contribution in [0.4, 0.5) is 16.5 Å². The predicted octanol–water partition coefficient (Wildman–Crippen LogP) is 4.89. The molecule has 0 aliphatic carbocycles. The molecule has 0 unspecified atom stereocenters. The number of thiocarbonyl (C=S) groups is 1. The standard InChI is InChI=1S/C24H25N5O5S2/c1-14(2)34-22(31)16-6-8-17-20(13-16)36-24(25-17)27-23(35)26-21(30)15-7-9-18(19(12-15)29(32)33)28-10-4-3-5-11-28/h6-9,12-14H,3-5,10-11H2,1-2H3,(H2,25,26,27,30,35). The van der Waals surface area contributed by atoms with E-state index in [-0.39, 0.29) is 22.5 Å². The SMILES string of the molecule is CC(C)OC(=O)c1ccc2nc(NC(=S)NC(=O)c3ccc(N4CCCCC4)c([N+](=O)[O-])c3)sc2c1. The molecule has 0 bridgehead atoms. The van der Waals surface area contributed by atoms with Crippen molar-refractivity contribution in [2.45, 2.75) is 39.2 Å². The molecule has 10 nitrogen and oxygen atoms in total. The summed E-state index contributed by atoms with van der Waals surface area (Å²) in [6, 6.07) is 9.48. The van der Waals surface area contributed by atoms with Gasteiger partial charge in [-0.3, -0.25) is 20.2 Å². The zero-order valence-electron chi connectivity index (χ0n) is 19.8. The number of rotatable bonds is 6. The lowest BCUT2D eigenvalue weighted by Gasteiger charge is -2.28. The van der Waals surface area contributed by atoms with Crippen LogP contribution in [-0.2, 0) is 4.74 Å². The second-order valence-electron chi connectivity index (χ2n) is 8.57. The molecule has 4 rings (SSSR count). The van der Waals surface area contributed by atoms with Crippen LogP contribution in [0.3, 0.4) is 0 Å². The zero-order chi connectivity index (χ0) is 25.8. The highest BCUT2D eigenvalue weighted by atomic mass is 32.1. The van der Waals surface area contributed by atoms with E-state index in [1.54, 1.807) is 44.2 Å². The summed E-state index contributed by atoms with van der Waals surface area (Å²) in [6.45, 7) is 5.06. The molecule has 12 heteroatoms. The molecular weight excluding hydrogens is 502 g/mol. The van der Waals surface area contributed by atoms with Gasteiger partial charge in [0.1, 0.15) is 5.69 Å². The number of nitrogens with one attached hydrogen (secondary N) is 2. The number of ether oxygens (including phenoxy) is 1. The Balaban J connectivity index is 1.44. The number of carbonyl (C=O) groups is 2. The maximum Gasteiger partial charge on any atom is 0.338 e. The van der Waals surface area contributed by atoms with Crippen LogP contribution in [0.25, 0.3) is 10.2 Å². The molecule has 1 aliphatic rings. The summed E-state index contributed by atoms with van der Waals surface area (Å²) in [5, 5.41) is 17.5. The maximum absolute atomic E-state index is 12.7. The van der Waals surface area contributed by atoms with Gasteiger partial charge >= 0.3 is 5.97 Å². The number of benzene rings is 2. The first-order valence-electron chi connectivity index (χ1n) is 11.5. The normalized spacial score (nSPS) is 13.5. The van der Waals surface area contributed by atoms with Crippen molar-refractivity contribution < 1.29 is 19.2 Å². The molecular formula is C24H25N5O5S2. The first kappa shape index (κ1) is 25.5. The number of esters is 1. The molecule has 188 valence electrons. The number of nitro benzene ring substituents is 1. The van der Waals surface area contributed by atoms with Gasteiger partial charge < -0.3 is 15.0 Å². The van der Waals surface area contributed by atoms with Crippen molar-refractivity contribution in [3.63, 3.8) is 0 Å². The zero-order valence-corrected chi connectivity index (χ0v) is 21.4. The molecule has 2 N–H and O–H groups in total. The van der Waals surface area contributed by atoms with Crippen LogP contribution in [0.1, 0.15) is 53.8 Å². The maximum atomic E-state index is 12.7. The molecule has 1 aromatic heterocycles. The number of aromatic nitrogens is 1. The van der Waals surface area contributed by atoms with Crippen molar-refractivity contribution in [1.29, 1.82) is 0 Å². The third kappa shape index (κ3) is 5.94. The van der Waals surface area contributed by atoms with Gasteiger partial charge in [0.05, 0.1) is 26.8 Å². The topological polar surface area (TPSA) is 127 Å². The fourth-order valence-electron chi connectivity index (χ4n) is 3.90. The lowest BCUT2D eigenvalue weighted by atomic mass is 10.1. The van der Waals surface area contributed by atoms with E-state index in [1.807, 2.05) is 4.90 Å². The van der Waals surface area contributed by atoms with Crippen LogP contribution >= 0.6 is 23.6 Å². The fraction of sp³-hybridized carbons (Fsp3) is 0.333. The molecule has 1 saturated heterocycles. The number of hydrogen-bond acceptors (Lipinski definition) is 9. The number of nitro groups is 1. The summed E-state index contributed by atoms with van der Waals surface area (Å²) in [4.78, 5) is 42.5. The largest absolute Gasteiger partial charge is 0.459 e. The van der Waals surface area contributed by atoms with Crippen molar-refractivity contribution in [3.8, 4) is 0 Å². The van der Waals surface area contributed by atoms with Gasteiger partial charge in [0.15, 0.2) is 10.2 Å². The number of piperidine rings is 1. The van der Waals surface area contributed by atoms with E-state index < -0.39 is 16.8 Å². The van der Waals surface area contributed by atoms with Crippen LogP contribution in [0.5, 0.6) is 0 Å². The molecule has 36 heavy (non-hydrogen) atoms. The Morgan fingerprint density at radius 3 is 2.56 bits per heavy atom. The van der Waals surface area contributed by atoms with Gasteiger partial charge in [-0.25, -0.2) is 9.78 Å². The van der Waals surface area contributed by atoms with E-state index in [1.165, 1.54) is 17.4 Å². The lowest BCUT2D eigenvalue weighted by Crippen LogP contribution is -2.34. The van der Waals surface area contributed by atoms with Crippen molar-refractivity contribution >= 4 is 67.3 Å². The Kier molecular flexibility index (Phi) is 7.75. The number of nitrogens with zero attached hydrogens (tertiary/aromatic N) is 3. The molecule has 2 aromatic carbocycles. The van der Waals surface area contributed by atoms with Crippen LogP contribution in [0.2, 0.25) is 0 Å². The minimum absolute atomic E-state index is 0.00116. The predicted molar refractivity (Wildman–Crippen MR) is 143 cm³/mol. The molecule has 1 amide bonds. The highest BCUT2D eigenvalue weighted by Gasteiger charge is 2.23. The Labute approximate surface area is 216 Å². The number of hydrogen-bond donors (Lipinski definition) is 2.